The number of hydrogen-bond acceptors (Lipinski definition) is 5. The minimum Gasteiger partial charge on any atom is -0.464 e. The van der Waals surface area contributed by atoms with Crippen molar-refractivity contribution in [3.05, 3.63) is 24.3 Å². The molecule has 2 aliphatic heterocycles. The average Bonchev–Trinajstić information content (AvgIpc) is 3.07. The van der Waals surface area contributed by atoms with Gasteiger partial charge in [0, 0.05) is 37.3 Å². The second-order valence-electron chi connectivity index (χ2n) is 7.17. The fourth-order valence-electron chi connectivity index (χ4n) is 3.73. The summed E-state index contributed by atoms with van der Waals surface area (Å²) in [5.41, 5.74) is 1.51. The van der Waals surface area contributed by atoms with Crippen molar-refractivity contribution in [2.45, 2.75) is 45.1 Å². The topological polar surface area (TPSA) is 79.0 Å². The third-order valence-corrected chi connectivity index (χ3v) is 5.09. The van der Waals surface area contributed by atoms with E-state index >= 15 is 0 Å². The highest BCUT2D eigenvalue weighted by atomic mass is 16.5. The van der Waals surface area contributed by atoms with E-state index in [1.165, 1.54) is 6.92 Å². The van der Waals surface area contributed by atoms with E-state index in [1.54, 1.807) is 4.90 Å². The van der Waals surface area contributed by atoms with Crippen LogP contribution >= 0.6 is 0 Å². The molecule has 1 aromatic carbocycles. The van der Waals surface area contributed by atoms with Gasteiger partial charge in [-0.3, -0.25) is 19.3 Å². The zero-order valence-electron chi connectivity index (χ0n) is 15.8. The number of anilines is 2. The zero-order valence-corrected chi connectivity index (χ0v) is 15.8. The molecule has 1 unspecified atom stereocenters. The Hall–Kier alpha value is -2.41. The van der Waals surface area contributed by atoms with Gasteiger partial charge in [-0.05, 0) is 44.0 Å². The van der Waals surface area contributed by atoms with Crippen LogP contribution in [0.4, 0.5) is 11.4 Å². The largest absolute Gasteiger partial charge is 0.464 e. The van der Waals surface area contributed by atoms with Crippen LogP contribution in [0.5, 0.6) is 0 Å². The molecule has 1 aromatic rings. The van der Waals surface area contributed by atoms with E-state index in [0.29, 0.717) is 18.7 Å². The molecule has 7 nitrogen and oxygen atoms in total. The maximum Gasteiger partial charge on any atom is 0.302 e. The number of likely N-dealkylation sites (tertiary alicyclic amines) is 1. The summed E-state index contributed by atoms with van der Waals surface area (Å²) in [4.78, 5) is 39.3. The number of benzene rings is 1. The molecule has 3 rings (SSSR count). The van der Waals surface area contributed by atoms with Gasteiger partial charge in [-0.15, -0.1) is 0 Å². The number of amides is 2. The summed E-state index contributed by atoms with van der Waals surface area (Å²) >= 11 is 0. The molecule has 2 aliphatic rings. The molecule has 0 aromatic heterocycles. The molecule has 1 atom stereocenters. The summed E-state index contributed by atoms with van der Waals surface area (Å²) in [6, 6.07) is 7.49. The average molecular weight is 373 g/mol. The van der Waals surface area contributed by atoms with Crippen molar-refractivity contribution in [2.24, 2.45) is 0 Å². The van der Waals surface area contributed by atoms with Gasteiger partial charge in [-0.25, -0.2) is 0 Å². The number of nitrogens with one attached hydrogen (secondary N) is 1. The molecule has 0 bridgehead atoms. The first kappa shape index (κ1) is 19.4. The Labute approximate surface area is 159 Å². The maximum absolute atomic E-state index is 12.5. The first-order valence-corrected chi connectivity index (χ1v) is 9.60. The van der Waals surface area contributed by atoms with Crippen LogP contribution in [0.2, 0.25) is 0 Å². The first-order chi connectivity index (χ1) is 13.0. The highest BCUT2D eigenvalue weighted by molar-refractivity contribution is 5.97. The summed E-state index contributed by atoms with van der Waals surface area (Å²) in [7, 11) is 0. The molecule has 2 saturated heterocycles. The van der Waals surface area contributed by atoms with Crippen molar-refractivity contribution in [3.8, 4) is 0 Å². The van der Waals surface area contributed by atoms with Gasteiger partial charge in [0.1, 0.15) is 6.61 Å². The summed E-state index contributed by atoms with van der Waals surface area (Å²) in [6.45, 7) is 3.54. The number of hydrogen-bond donors (Lipinski definition) is 1. The SMILES string of the molecule is CC(=O)OCC1CCCCN1CC(=O)Nc1cccc(N2CCCC2=O)c1. The van der Waals surface area contributed by atoms with Crippen molar-refractivity contribution >= 4 is 29.2 Å². The zero-order chi connectivity index (χ0) is 19.2. The lowest BCUT2D eigenvalue weighted by atomic mass is 10.0. The third-order valence-electron chi connectivity index (χ3n) is 5.09. The fraction of sp³-hybridized carbons (Fsp3) is 0.550. The highest BCUT2D eigenvalue weighted by Gasteiger charge is 2.25. The summed E-state index contributed by atoms with van der Waals surface area (Å²) in [5, 5.41) is 2.93. The van der Waals surface area contributed by atoms with Crippen molar-refractivity contribution in [1.29, 1.82) is 0 Å². The minimum absolute atomic E-state index is 0.0851. The van der Waals surface area contributed by atoms with Gasteiger partial charge in [0.05, 0.1) is 6.54 Å². The van der Waals surface area contributed by atoms with Crippen LogP contribution in [-0.4, -0.2) is 55.0 Å². The number of piperidine rings is 1. The van der Waals surface area contributed by atoms with Crippen molar-refractivity contribution in [3.63, 3.8) is 0 Å². The molecule has 0 spiro atoms. The van der Waals surface area contributed by atoms with Gasteiger partial charge in [-0.1, -0.05) is 12.5 Å². The van der Waals surface area contributed by atoms with Crippen LogP contribution in [-0.2, 0) is 19.1 Å². The van der Waals surface area contributed by atoms with Gasteiger partial charge in [-0.2, -0.15) is 0 Å². The van der Waals surface area contributed by atoms with E-state index in [9.17, 15) is 14.4 Å². The second kappa shape index (κ2) is 8.99. The summed E-state index contributed by atoms with van der Waals surface area (Å²) < 4.78 is 5.14. The molecule has 2 heterocycles. The predicted octanol–water partition coefficient (Wildman–Crippen LogP) is 2.17. The highest BCUT2D eigenvalue weighted by Crippen LogP contribution is 2.24. The molecule has 0 aliphatic carbocycles. The Kier molecular flexibility index (Phi) is 6.45. The van der Waals surface area contributed by atoms with E-state index in [2.05, 4.69) is 10.2 Å². The van der Waals surface area contributed by atoms with Crippen molar-refractivity contribution in [1.82, 2.24) is 4.90 Å². The molecule has 7 heteroatoms. The monoisotopic (exact) mass is 373 g/mol. The number of carbonyl (C=O) groups is 3. The number of nitrogens with zero attached hydrogens (tertiary/aromatic N) is 2. The first-order valence-electron chi connectivity index (χ1n) is 9.60. The molecule has 146 valence electrons. The number of carbonyl (C=O) groups excluding carboxylic acids is 3. The minimum atomic E-state index is -0.293. The number of ether oxygens (including phenoxy) is 1. The molecule has 0 saturated carbocycles. The van der Waals surface area contributed by atoms with Crippen LogP contribution in [0, 0.1) is 0 Å². The fourth-order valence-corrected chi connectivity index (χ4v) is 3.73. The standard InChI is InChI=1S/C20H27N3O4/c1-15(24)27-14-18-7-2-3-10-22(18)13-19(25)21-16-6-4-8-17(12-16)23-11-5-9-20(23)26/h4,6,8,12,18H,2-3,5,7,9-11,13-14H2,1H3,(H,21,25). The van der Waals surface area contributed by atoms with E-state index in [4.69, 9.17) is 4.74 Å². The maximum atomic E-state index is 12.5. The van der Waals surface area contributed by atoms with Crippen LogP contribution in [0.1, 0.15) is 39.0 Å². The molecule has 27 heavy (non-hydrogen) atoms. The van der Waals surface area contributed by atoms with E-state index in [-0.39, 0.29) is 30.4 Å². The smallest absolute Gasteiger partial charge is 0.302 e. The molecule has 0 radical (unpaired) electrons. The number of esters is 1. The summed E-state index contributed by atoms with van der Waals surface area (Å²) in [6.07, 6.45) is 4.49. The Morgan fingerprint density at radius 2 is 2.07 bits per heavy atom. The Balaban J connectivity index is 1.58. The van der Waals surface area contributed by atoms with E-state index < -0.39 is 0 Å². The Morgan fingerprint density at radius 1 is 1.22 bits per heavy atom. The second-order valence-corrected chi connectivity index (χ2v) is 7.17. The third kappa shape index (κ3) is 5.29. The quantitative estimate of drug-likeness (QED) is 0.773. The van der Waals surface area contributed by atoms with E-state index in [0.717, 1.165) is 44.5 Å². The van der Waals surface area contributed by atoms with Gasteiger partial charge in [0.15, 0.2) is 0 Å². The normalized spacial score (nSPS) is 20.6. The van der Waals surface area contributed by atoms with Crippen LogP contribution < -0.4 is 10.2 Å². The van der Waals surface area contributed by atoms with Crippen LogP contribution in [0.3, 0.4) is 0 Å². The summed E-state index contributed by atoms with van der Waals surface area (Å²) in [5.74, 6) is -0.270. The lowest BCUT2D eigenvalue weighted by Crippen LogP contribution is -2.46. The van der Waals surface area contributed by atoms with Crippen molar-refractivity contribution in [2.75, 3.05) is 36.5 Å². The Bertz CT molecular complexity index is 706. The molecular formula is C20H27N3O4. The lowest BCUT2D eigenvalue weighted by molar-refractivity contribution is -0.143. The molecular weight excluding hydrogens is 346 g/mol. The molecule has 1 N–H and O–H groups in total. The molecule has 2 fully saturated rings. The van der Waals surface area contributed by atoms with Gasteiger partial charge in [0.25, 0.3) is 0 Å². The van der Waals surface area contributed by atoms with Gasteiger partial charge < -0.3 is 15.0 Å². The lowest BCUT2D eigenvalue weighted by Gasteiger charge is -2.34. The van der Waals surface area contributed by atoms with E-state index in [1.807, 2.05) is 24.3 Å². The Morgan fingerprint density at radius 3 is 2.81 bits per heavy atom. The van der Waals surface area contributed by atoms with Gasteiger partial charge >= 0.3 is 5.97 Å². The number of rotatable bonds is 6. The predicted molar refractivity (Wildman–Crippen MR) is 103 cm³/mol. The van der Waals surface area contributed by atoms with Crippen LogP contribution in [0.15, 0.2) is 24.3 Å². The van der Waals surface area contributed by atoms with Crippen LogP contribution in [0.25, 0.3) is 0 Å². The van der Waals surface area contributed by atoms with Gasteiger partial charge in [0.2, 0.25) is 11.8 Å². The molecule has 2 amide bonds. The van der Waals surface area contributed by atoms with Crippen molar-refractivity contribution < 1.29 is 19.1 Å².